The van der Waals surface area contributed by atoms with Crippen LogP contribution in [0.1, 0.15) is 196 Å². The number of ketones is 4. The van der Waals surface area contributed by atoms with Gasteiger partial charge in [0.05, 0.1) is 57.6 Å². The lowest BCUT2D eigenvalue weighted by Gasteiger charge is -2.23. The molecule has 2 aromatic rings. The van der Waals surface area contributed by atoms with E-state index in [1.165, 1.54) is 0 Å². The molecule has 6 amide bonds. The van der Waals surface area contributed by atoms with Crippen molar-refractivity contribution in [3.63, 3.8) is 0 Å². The zero-order valence-corrected chi connectivity index (χ0v) is 61.4. The van der Waals surface area contributed by atoms with E-state index >= 15 is 0 Å². The van der Waals surface area contributed by atoms with Gasteiger partial charge in [0.25, 0.3) is 0 Å². The Kier molecular flexibility index (Phi) is 45.2. The number of carbonyl (C=O) groups is 12. The number of esters is 2. The van der Waals surface area contributed by atoms with Gasteiger partial charge in [0.15, 0.2) is 23.1 Å². The maximum Gasteiger partial charge on any atom is 0.306 e. The first-order valence-electron chi connectivity index (χ1n) is 35.7. The molecular weight excluding hydrogens is 1290 g/mol. The summed E-state index contributed by atoms with van der Waals surface area (Å²) in [5.74, 6) is -6.99. The Labute approximate surface area is 593 Å². The quantitative estimate of drug-likeness (QED) is 0.0264. The monoisotopic (exact) mass is 1410 g/mol. The van der Waals surface area contributed by atoms with Crippen molar-refractivity contribution in [3.8, 4) is 0 Å². The van der Waals surface area contributed by atoms with Crippen molar-refractivity contribution in [2.75, 3.05) is 79.0 Å². The van der Waals surface area contributed by atoms with Crippen LogP contribution in [0.3, 0.4) is 0 Å². The standard InChI is InChI=1S/C75H119N7O18/c1-53(2)45-62(64(85)30-33-66(87)77-35-21-39-97-43-41-95-37-19-17-27-69(90)99-74(5,6)7)81-71(92)57(47-55-23-13-11-14-24-55)49-59(83)51-79-68(89)32-29-61(76)73(94)80-52-60(84)50-58(48-56-25-15-12-16-26-56)72(93)82-63(46-54(3)4)65(86)31-34-67(88)78-36-22-40-98-44-42-96-38-20-18-28-70(91)100-75(8,9)10/h11-16,23-26,53-54,57-58,61-63H,17-22,27-52,76H2,1-10H3,(H,77,87)(H,78,88)(H,79,89)(H,80,94)(H,81,92)(H,82,93). The van der Waals surface area contributed by atoms with Gasteiger partial charge >= 0.3 is 11.9 Å². The lowest BCUT2D eigenvalue weighted by Crippen LogP contribution is -2.46. The molecule has 0 aliphatic rings. The summed E-state index contributed by atoms with van der Waals surface area (Å²) in [6, 6.07) is 15.0. The molecule has 0 saturated carbocycles. The molecule has 0 fully saturated rings. The Balaban J connectivity index is 1.84. The number of rotatable bonds is 56. The van der Waals surface area contributed by atoms with Crippen LogP contribution in [-0.2, 0) is 98.8 Å². The fourth-order valence-electron chi connectivity index (χ4n) is 10.3. The molecule has 8 N–H and O–H groups in total. The highest BCUT2D eigenvalue weighted by Crippen LogP contribution is 2.20. The van der Waals surface area contributed by atoms with E-state index in [0.29, 0.717) is 117 Å². The molecule has 0 spiro atoms. The van der Waals surface area contributed by atoms with Gasteiger partial charge in [0.2, 0.25) is 35.4 Å². The molecule has 2 rings (SSSR count). The summed E-state index contributed by atoms with van der Waals surface area (Å²) in [6.45, 7) is 21.7. The molecular formula is C75H119N7O18. The van der Waals surface area contributed by atoms with Gasteiger partial charge in [-0.1, -0.05) is 88.4 Å². The van der Waals surface area contributed by atoms with E-state index in [1.54, 1.807) is 24.3 Å². The van der Waals surface area contributed by atoms with Gasteiger partial charge in [-0.05, 0) is 135 Å². The molecule has 2 aromatic carbocycles. The number of carbonyl (C=O) groups excluding carboxylic acids is 12. The van der Waals surface area contributed by atoms with Crippen LogP contribution in [-0.4, -0.2) is 179 Å². The predicted molar refractivity (Wildman–Crippen MR) is 379 cm³/mol. The van der Waals surface area contributed by atoms with Crippen LogP contribution < -0.4 is 37.6 Å². The second-order valence-corrected chi connectivity index (χ2v) is 28.2. The summed E-state index contributed by atoms with van der Waals surface area (Å²) < 4.78 is 32.9. The molecule has 0 heterocycles. The molecule has 100 heavy (non-hydrogen) atoms. The molecule has 0 aliphatic carbocycles. The van der Waals surface area contributed by atoms with Crippen molar-refractivity contribution in [3.05, 3.63) is 71.8 Å². The molecule has 5 atom stereocenters. The molecule has 0 aliphatic heterocycles. The number of hydrogen-bond acceptors (Lipinski definition) is 19. The van der Waals surface area contributed by atoms with Crippen LogP contribution in [0.25, 0.3) is 0 Å². The van der Waals surface area contributed by atoms with Gasteiger partial charge in [0.1, 0.15) is 11.2 Å². The van der Waals surface area contributed by atoms with E-state index in [-0.39, 0.29) is 111 Å². The first kappa shape index (κ1) is 88.8. The molecule has 0 saturated heterocycles. The average Bonchev–Trinajstić information content (AvgIpc) is 0.875. The second kappa shape index (κ2) is 50.9. The zero-order chi connectivity index (χ0) is 74.3. The SMILES string of the molecule is CC(C)CC(NC(=O)C(CC(=O)CNC(=O)CCC(N)C(=O)NCC(=O)CC(Cc1ccccc1)C(=O)NC(CC(C)C)C(=O)CCC(=O)NCCCOCCOCCCCC(=O)OC(C)(C)C)Cc1ccccc1)C(=O)CCC(=O)NCCCOCCOCCCCC(=O)OC(C)(C)C. The van der Waals surface area contributed by atoms with Gasteiger partial charge < -0.3 is 66.1 Å². The molecule has 25 heteroatoms. The Morgan fingerprint density at radius 2 is 0.770 bits per heavy atom. The maximum atomic E-state index is 14.0. The topological polar surface area (TPSA) is 358 Å². The third-order valence-corrected chi connectivity index (χ3v) is 15.3. The summed E-state index contributed by atoms with van der Waals surface area (Å²) in [6.07, 6.45) is 4.00. The van der Waals surface area contributed by atoms with Crippen LogP contribution in [0.4, 0.5) is 0 Å². The molecule has 0 aromatic heterocycles. The van der Waals surface area contributed by atoms with Crippen molar-refractivity contribution in [2.24, 2.45) is 29.4 Å². The Bertz CT molecular complexity index is 2790. The van der Waals surface area contributed by atoms with E-state index in [9.17, 15) is 57.5 Å². The Morgan fingerprint density at radius 3 is 1.14 bits per heavy atom. The smallest absolute Gasteiger partial charge is 0.306 e. The van der Waals surface area contributed by atoms with Crippen LogP contribution >= 0.6 is 0 Å². The number of hydrogen-bond donors (Lipinski definition) is 7. The van der Waals surface area contributed by atoms with Gasteiger partial charge in [0, 0.05) is 109 Å². The number of nitrogens with one attached hydrogen (secondary N) is 6. The van der Waals surface area contributed by atoms with E-state index in [4.69, 9.17) is 34.2 Å². The zero-order valence-electron chi connectivity index (χ0n) is 61.4. The summed E-state index contributed by atoms with van der Waals surface area (Å²) >= 11 is 0. The third-order valence-electron chi connectivity index (χ3n) is 15.3. The highest BCUT2D eigenvalue weighted by Gasteiger charge is 2.31. The van der Waals surface area contributed by atoms with Crippen molar-refractivity contribution < 1.29 is 86.0 Å². The highest BCUT2D eigenvalue weighted by molar-refractivity contribution is 5.96. The first-order valence-corrected chi connectivity index (χ1v) is 35.7. The number of Topliss-reactive ketones (excluding diaryl/α,β-unsaturated/α-hetero) is 4. The minimum Gasteiger partial charge on any atom is -0.460 e. The molecule has 0 radical (unpaired) electrons. The maximum absolute atomic E-state index is 14.0. The number of benzene rings is 2. The van der Waals surface area contributed by atoms with Gasteiger partial charge in [-0.15, -0.1) is 0 Å². The predicted octanol–water partition coefficient (Wildman–Crippen LogP) is 6.83. The van der Waals surface area contributed by atoms with Crippen LogP contribution in [0, 0.1) is 23.7 Å². The van der Waals surface area contributed by atoms with Crippen molar-refractivity contribution in [2.45, 2.75) is 227 Å². The number of unbranched alkanes of at least 4 members (excludes halogenated alkanes) is 2. The third kappa shape index (κ3) is 46.2. The summed E-state index contributed by atoms with van der Waals surface area (Å²) in [4.78, 5) is 158. The Hall–Kier alpha value is -7.32. The van der Waals surface area contributed by atoms with Crippen LogP contribution in [0.15, 0.2) is 60.7 Å². The lowest BCUT2D eigenvalue weighted by molar-refractivity contribution is -0.156. The second-order valence-electron chi connectivity index (χ2n) is 28.2. The fourth-order valence-corrected chi connectivity index (χ4v) is 10.3. The van der Waals surface area contributed by atoms with Crippen LogP contribution in [0.5, 0.6) is 0 Å². The van der Waals surface area contributed by atoms with E-state index in [1.807, 2.05) is 106 Å². The fraction of sp³-hybridized carbons (Fsp3) is 0.680. The van der Waals surface area contributed by atoms with Crippen molar-refractivity contribution in [1.29, 1.82) is 0 Å². The van der Waals surface area contributed by atoms with Crippen molar-refractivity contribution >= 4 is 70.5 Å². The largest absolute Gasteiger partial charge is 0.460 e. The number of ether oxygens (including phenoxy) is 6. The molecule has 562 valence electrons. The molecule has 25 nitrogen and oxygen atoms in total. The minimum absolute atomic E-state index is 0.00652. The van der Waals surface area contributed by atoms with Crippen LogP contribution in [0.2, 0.25) is 0 Å². The minimum atomic E-state index is -1.23. The van der Waals surface area contributed by atoms with E-state index < -0.39 is 89.4 Å². The molecule has 5 unspecified atom stereocenters. The Morgan fingerprint density at radius 1 is 0.410 bits per heavy atom. The van der Waals surface area contributed by atoms with Crippen molar-refractivity contribution in [1.82, 2.24) is 31.9 Å². The average molecular weight is 1410 g/mol. The highest BCUT2D eigenvalue weighted by atomic mass is 16.6. The van der Waals surface area contributed by atoms with E-state index in [2.05, 4.69) is 31.9 Å². The number of nitrogens with two attached hydrogens (primary N) is 1. The van der Waals surface area contributed by atoms with Gasteiger partial charge in [-0.3, -0.25) is 57.5 Å². The molecule has 0 bridgehead atoms. The summed E-state index contributed by atoms with van der Waals surface area (Å²) in [7, 11) is 0. The van der Waals surface area contributed by atoms with E-state index in [0.717, 1.165) is 24.0 Å². The lowest BCUT2D eigenvalue weighted by atomic mass is 9.91. The van der Waals surface area contributed by atoms with Gasteiger partial charge in [-0.25, -0.2) is 0 Å². The first-order chi connectivity index (χ1) is 47.4. The summed E-state index contributed by atoms with van der Waals surface area (Å²) in [5.41, 5.74) is 6.67. The summed E-state index contributed by atoms with van der Waals surface area (Å²) in [5, 5.41) is 16.4. The number of amides is 6. The normalized spacial score (nSPS) is 13.1. The van der Waals surface area contributed by atoms with Gasteiger partial charge in [-0.2, -0.15) is 0 Å².